The second-order valence-electron chi connectivity index (χ2n) is 4.62. The van der Waals surface area contributed by atoms with Crippen LogP contribution in [0.15, 0.2) is 6.33 Å². The number of aromatic nitrogens is 5. The molecule has 104 valence electrons. The number of hydrazine groups is 1. The van der Waals surface area contributed by atoms with Crippen LogP contribution in [-0.2, 0) is 20.0 Å². The van der Waals surface area contributed by atoms with E-state index in [9.17, 15) is 0 Å². The summed E-state index contributed by atoms with van der Waals surface area (Å²) >= 11 is 0. The van der Waals surface area contributed by atoms with E-state index in [0.717, 1.165) is 29.3 Å². The highest BCUT2D eigenvalue weighted by Gasteiger charge is 2.21. The van der Waals surface area contributed by atoms with Gasteiger partial charge >= 0.3 is 0 Å². The van der Waals surface area contributed by atoms with E-state index in [-0.39, 0.29) is 6.04 Å². The van der Waals surface area contributed by atoms with Crippen molar-refractivity contribution < 1.29 is 0 Å². The van der Waals surface area contributed by atoms with Crippen LogP contribution in [0.3, 0.4) is 0 Å². The third kappa shape index (κ3) is 2.52. The van der Waals surface area contributed by atoms with Gasteiger partial charge in [-0.2, -0.15) is 10.2 Å². The fourth-order valence-electron chi connectivity index (χ4n) is 2.43. The molecule has 0 spiro atoms. The molecule has 2 rings (SSSR count). The van der Waals surface area contributed by atoms with E-state index in [1.807, 2.05) is 37.2 Å². The molecule has 2 aromatic rings. The highest BCUT2D eigenvalue weighted by atomic mass is 15.3. The molecule has 1 atom stereocenters. The maximum atomic E-state index is 5.72. The lowest BCUT2D eigenvalue weighted by Crippen LogP contribution is -2.31. The summed E-state index contributed by atoms with van der Waals surface area (Å²) in [7, 11) is 1.94. The van der Waals surface area contributed by atoms with Crippen molar-refractivity contribution in [2.75, 3.05) is 0 Å². The van der Waals surface area contributed by atoms with Crippen molar-refractivity contribution in [3.05, 3.63) is 29.1 Å². The first-order valence-corrected chi connectivity index (χ1v) is 6.41. The van der Waals surface area contributed by atoms with Gasteiger partial charge in [0.15, 0.2) is 0 Å². The summed E-state index contributed by atoms with van der Waals surface area (Å²) in [6.07, 6.45) is 2.27. The second kappa shape index (κ2) is 5.50. The van der Waals surface area contributed by atoms with E-state index >= 15 is 0 Å². The molecule has 1 unspecified atom stereocenters. The van der Waals surface area contributed by atoms with Crippen molar-refractivity contribution in [1.82, 2.24) is 30.0 Å². The number of aryl methyl sites for hydroxylation is 3. The average Bonchev–Trinajstić information content (AvgIpc) is 2.93. The van der Waals surface area contributed by atoms with Crippen LogP contribution in [0.1, 0.15) is 35.7 Å². The zero-order valence-corrected chi connectivity index (χ0v) is 11.9. The lowest BCUT2D eigenvalue weighted by molar-refractivity contribution is 0.506. The van der Waals surface area contributed by atoms with Gasteiger partial charge in [-0.05, 0) is 20.8 Å². The number of nitrogens with zero attached hydrogens (tertiary/aromatic N) is 5. The van der Waals surface area contributed by atoms with Gasteiger partial charge < -0.3 is 0 Å². The summed E-state index contributed by atoms with van der Waals surface area (Å²) in [5.41, 5.74) is 6.11. The number of hydrogen-bond acceptors (Lipinski definition) is 5. The van der Waals surface area contributed by atoms with Crippen LogP contribution in [0.5, 0.6) is 0 Å². The fraction of sp³-hybridized carbons (Fsp3) is 0.583. The molecule has 0 aliphatic carbocycles. The Hall–Kier alpha value is -1.73. The highest BCUT2D eigenvalue weighted by Crippen LogP contribution is 2.23. The Morgan fingerprint density at radius 3 is 2.68 bits per heavy atom. The van der Waals surface area contributed by atoms with Crippen molar-refractivity contribution in [2.45, 2.75) is 39.8 Å². The quantitative estimate of drug-likeness (QED) is 0.602. The van der Waals surface area contributed by atoms with Gasteiger partial charge in [0, 0.05) is 31.3 Å². The highest BCUT2D eigenvalue weighted by molar-refractivity contribution is 5.28. The standard InChI is InChI=1S/C12H21N7/c1-5-19-11(14-7-15-19)6-10(16-13)12-8(2)17-18(4)9(12)3/h7,10,16H,5-6,13H2,1-4H3. The molecule has 2 heterocycles. The number of hydrogen-bond donors (Lipinski definition) is 2. The van der Waals surface area contributed by atoms with Crippen LogP contribution in [0.2, 0.25) is 0 Å². The van der Waals surface area contributed by atoms with Gasteiger partial charge in [0.2, 0.25) is 0 Å². The second-order valence-corrected chi connectivity index (χ2v) is 4.62. The van der Waals surface area contributed by atoms with E-state index in [4.69, 9.17) is 5.84 Å². The summed E-state index contributed by atoms with van der Waals surface area (Å²) in [6.45, 7) is 6.89. The van der Waals surface area contributed by atoms with Crippen LogP contribution in [0.4, 0.5) is 0 Å². The van der Waals surface area contributed by atoms with E-state index in [2.05, 4.69) is 20.6 Å². The molecule has 0 aromatic carbocycles. The number of nitrogens with one attached hydrogen (secondary N) is 1. The molecule has 0 saturated heterocycles. The first kappa shape index (κ1) is 13.7. The van der Waals surface area contributed by atoms with Gasteiger partial charge in [0.25, 0.3) is 0 Å². The third-order valence-corrected chi connectivity index (χ3v) is 3.50. The van der Waals surface area contributed by atoms with Crippen molar-refractivity contribution in [3.63, 3.8) is 0 Å². The normalized spacial score (nSPS) is 12.9. The van der Waals surface area contributed by atoms with E-state index in [1.165, 1.54) is 0 Å². The van der Waals surface area contributed by atoms with Gasteiger partial charge in [-0.1, -0.05) is 0 Å². The first-order valence-electron chi connectivity index (χ1n) is 6.41. The van der Waals surface area contributed by atoms with Crippen molar-refractivity contribution in [1.29, 1.82) is 0 Å². The monoisotopic (exact) mass is 263 g/mol. The Morgan fingerprint density at radius 2 is 2.16 bits per heavy atom. The summed E-state index contributed by atoms with van der Waals surface area (Å²) in [4.78, 5) is 4.30. The van der Waals surface area contributed by atoms with Crippen LogP contribution >= 0.6 is 0 Å². The lowest BCUT2D eigenvalue weighted by atomic mass is 10.0. The molecule has 0 fully saturated rings. The van der Waals surface area contributed by atoms with Crippen LogP contribution < -0.4 is 11.3 Å². The fourth-order valence-corrected chi connectivity index (χ4v) is 2.43. The molecule has 0 radical (unpaired) electrons. The van der Waals surface area contributed by atoms with Crippen molar-refractivity contribution >= 4 is 0 Å². The minimum Gasteiger partial charge on any atom is -0.272 e. The molecule has 0 amide bonds. The summed E-state index contributed by atoms with van der Waals surface area (Å²) in [6, 6.07) is -0.0109. The molecule has 0 aliphatic rings. The summed E-state index contributed by atoms with van der Waals surface area (Å²) < 4.78 is 3.75. The van der Waals surface area contributed by atoms with Gasteiger partial charge in [-0.15, -0.1) is 0 Å². The maximum absolute atomic E-state index is 5.72. The predicted molar refractivity (Wildman–Crippen MR) is 72.1 cm³/mol. The van der Waals surface area contributed by atoms with Gasteiger partial charge in [0.05, 0.1) is 11.7 Å². The Balaban J connectivity index is 2.30. The lowest BCUT2D eigenvalue weighted by Gasteiger charge is -2.16. The van der Waals surface area contributed by atoms with E-state index < -0.39 is 0 Å². The molecule has 2 aromatic heterocycles. The first-order chi connectivity index (χ1) is 9.08. The van der Waals surface area contributed by atoms with E-state index in [1.54, 1.807) is 6.33 Å². The van der Waals surface area contributed by atoms with Gasteiger partial charge in [0.1, 0.15) is 12.2 Å². The van der Waals surface area contributed by atoms with E-state index in [0.29, 0.717) is 6.42 Å². The largest absolute Gasteiger partial charge is 0.272 e. The minimum absolute atomic E-state index is 0.0109. The van der Waals surface area contributed by atoms with Crippen molar-refractivity contribution in [3.8, 4) is 0 Å². The number of nitrogens with two attached hydrogens (primary N) is 1. The SMILES string of the molecule is CCn1ncnc1CC(NN)c1c(C)nn(C)c1C. The Labute approximate surface area is 112 Å². The molecule has 0 aliphatic heterocycles. The third-order valence-electron chi connectivity index (χ3n) is 3.50. The van der Waals surface area contributed by atoms with Gasteiger partial charge in [-0.25, -0.2) is 4.98 Å². The summed E-state index contributed by atoms with van der Waals surface area (Å²) in [5.74, 6) is 6.64. The van der Waals surface area contributed by atoms with Crippen molar-refractivity contribution in [2.24, 2.45) is 12.9 Å². The molecular formula is C12H21N7. The zero-order chi connectivity index (χ0) is 14.0. The minimum atomic E-state index is -0.0109. The Morgan fingerprint density at radius 1 is 1.42 bits per heavy atom. The van der Waals surface area contributed by atoms with Gasteiger partial charge in [-0.3, -0.25) is 20.6 Å². The predicted octanol–water partition coefficient (Wildman–Crippen LogP) is 0.395. The van der Waals surface area contributed by atoms with Crippen LogP contribution in [-0.4, -0.2) is 24.5 Å². The molecule has 19 heavy (non-hydrogen) atoms. The Bertz CT molecular complexity index is 554. The molecule has 0 saturated carbocycles. The number of rotatable bonds is 5. The molecule has 3 N–H and O–H groups in total. The average molecular weight is 263 g/mol. The molecule has 7 heteroatoms. The van der Waals surface area contributed by atoms with Crippen LogP contribution in [0.25, 0.3) is 0 Å². The van der Waals surface area contributed by atoms with Crippen LogP contribution in [0, 0.1) is 13.8 Å². The smallest absolute Gasteiger partial charge is 0.138 e. The summed E-state index contributed by atoms with van der Waals surface area (Å²) in [5, 5.41) is 8.61. The topological polar surface area (TPSA) is 86.6 Å². The molecular weight excluding hydrogens is 242 g/mol. The Kier molecular flexibility index (Phi) is 3.96. The molecule has 7 nitrogen and oxygen atoms in total. The molecule has 0 bridgehead atoms. The maximum Gasteiger partial charge on any atom is 0.138 e. The zero-order valence-electron chi connectivity index (χ0n) is 11.9.